The van der Waals surface area contributed by atoms with Crippen molar-refractivity contribution in [1.82, 2.24) is 19.8 Å². The number of nitrogen functional groups attached to an aromatic ring is 1. The van der Waals surface area contributed by atoms with Crippen LogP contribution in [-0.2, 0) is 11.3 Å². The van der Waals surface area contributed by atoms with Crippen molar-refractivity contribution in [3.63, 3.8) is 0 Å². The normalized spacial score (nSPS) is 24.4. The lowest BCUT2D eigenvalue weighted by Gasteiger charge is -2.24. The summed E-state index contributed by atoms with van der Waals surface area (Å²) in [4.78, 5) is 25.6. The molecule has 2 fully saturated rings. The fourth-order valence-electron chi connectivity index (χ4n) is 3.97. The SMILES string of the molecule is CN(Cc1nccc(N)n1)[C@@H]1CCN(C(=O)[C@@H]2C[C@@H]2c2ccccc2Cl)C1. The number of nitrogens with zero attached hydrogens (tertiary/aromatic N) is 4. The second kappa shape index (κ2) is 7.44. The summed E-state index contributed by atoms with van der Waals surface area (Å²) in [6.07, 6.45) is 3.54. The van der Waals surface area contributed by atoms with Gasteiger partial charge in [0.25, 0.3) is 0 Å². The quantitative estimate of drug-likeness (QED) is 0.856. The van der Waals surface area contributed by atoms with Crippen molar-refractivity contribution >= 4 is 23.3 Å². The van der Waals surface area contributed by atoms with Gasteiger partial charge >= 0.3 is 0 Å². The monoisotopic (exact) mass is 385 g/mol. The first-order valence-corrected chi connectivity index (χ1v) is 9.71. The molecule has 2 N–H and O–H groups in total. The topological polar surface area (TPSA) is 75.4 Å². The Bertz CT molecular complexity index is 845. The van der Waals surface area contributed by atoms with E-state index in [1.807, 2.05) is 29.2 Å². The molecule has 6 nitrogen and oxygen atoms in total. The summed E-state index contributed by atoms with van der Waals surface area (Å²) in [5, 5.41) is 0.763. The highest BCUT2D eigenvalue weighted by Gasteiger charge is 2.47. The summed E-state index contributed by atoms with van der Waals surface area (Å²) in [5.41, 5.74) is 6.83. The average Bonchev–Trinajstić information content (AvgIpc) is 3.28. The zero-order chi connectivity index (χ0) is 19.0. The van der Waals surface area contributed by atoms with Gasteiger partial charge in [0.1, 0.15) is 11.6 Å². The van der Waals surface area contributed by atoms with Crippen LogP contribution in [0.15, 0.2) is 36.5 Å². The van der Waals surface area contributed by atoms with Crippen molar-refractivity contribution in [2.24, 2.45) is 5.92 Å². The first kappa shape index (κ1) is 18.2. The molecule has 1 aromatic carbocycles. The first-order valence-electron chi connectivity index (χ1n) is 9.34. The molecule has 0 unspecified atom stereocenters. The van der Waals surface area contributed by atoms with Crippen LogP contribution in [0.2, 0.25) is 5.02 Å². The van der Waals surface area contributed by atoms with E-state index in [0.29, 0.717) is 24.2 Å². The Labute approximate surface area is 164 Å². The molecule has 1 saturated carbocycles. The van der Waals surface area contributed by atoms with E-state index in [2.05, 4.69) is 21.9 Å². The van der Waals surface area contributed by atoms with Gasteiger partial charge in [-0.05, 0) is 43.5 Å². The van der Waals surface area contributed by atoms with Gasteiger partial charge in [-0.15, -0.1) is 0 Å². The Morgan fingerprint density at radius 3 is 2.96 bits per heavy atom. The lowest BCUT2D eigenvalue weighted by molar-refractivity contribution is -0.131. The van der Waals surface area contributed by atoms with Crippen LogP contribution in [-0.4, -0.2) is 51.9 Å². The van der Waals surface area contributed by atoms with Gasteiger partial charge in [0.2, 0.25) is 5.91 Å². The molecular formula is C20H24ClN5O. The van der Waals surface area contributed by atoms with Crippen LogP contribution in [0.1, 0.15) is 30.1 Å². The molecule has 0 spiro atoms. The lowest BCUT2D eigenvalue weighted by atomic mass is 10.1. The summed E-state index contributed by atoms with van der Waals surface area (Å²) in [7, 11) is 2.05. The van der Waals surface area contributed by atoms with Gasteiger partial charge in [0.15, 0.2) is 0 Å². The van der Waals surface area contributed by atoms with Crippen LogP contribution in [0.4, 0.5) is 5.82 Å². The van der Waals surface area contributed by atoms with Crippen molar-refractivity contribution in [1.29, 1.82) is 0 Å². The zero-order valence-electron chi connectivity index (χ0n) is 15.4. The van der Waals surface area contributed by atoms with Crippen molar-refractivity contribution in [2.45, 2.75) is 31.3 Å². The average molecular weight is 386 g/mol. The number of anilines is 1. The number of halogens is 1. The Balaban J connectivity index is 1.33. The number of nitrogens with two attached hydrogens (primary N) is 1. The lowest BCUT2D eigenvalue weighted by Crippen LogP contribution is -2.37. The molecule has 0 bridgehead atoms. The predicted molar refractivity (Wildman–Crippen MR) is 105 cm³/mol. The van der Waals surface area contributed by atoms with Crippen LogP contribution in [0.3, 0.4) is 0 Å². The Morgan fingerprint density at radius 2 is 2.19 bits per heavy atom. The van der Waals surface area contributed by atoms with Gasteiger partial charge in [-0.2, -0.15) is 0 Å². The maximum Gasteiger partial charge on any atom is 0.226 e. The van der Waals surface area contributed by atoms with Gasteiger partial charge in [0.05, 0.1) is 6.54 Å². The second-order valence-electron chi connectivity index (χ2n) is 7.51. The summed E-state index contributed by atoms with van der Waals surface area (Å²) >= 11 is 6.29. The number of amides is 1. The number of benzene rings is 1. The summed E-state index contributed by atoms with van der Waals surface area (Å²) in [6, 6.07) is 9.85. The zero-order valence-corrected chi connectivity index (χ0v) is 16.1. The second-order valence-corrected chi connectivity index (χ2v) is 7.92. The molecule has 2 heterocycles. The van der Waals surface area contributed by atoms with Crippen LogP contribution in [0, 0.1) is 5.92 Å². The molecule has 1 aliphatic heterocycles. The highest BCUT2D eigenvalue weighted by atomic mass is 35.5. The number of carbonyl (C=O) groups excluding carboxylic acids is 1. The Morgan fingerprint density at radius 1 is 1.37 bits per heavy atom. The third-order valence-electron chi connectivity index (χ3n) is 5.63. The molecule has 0 radical (unpaired) electrons. The smallest absolute Gasteiger partial charge is 0.226 e. The molecular weight excluding hydrogens is 362 g/mol. The number of hydrogen-bond donors (Lipinski definition) is 1. The molecule has 142 valence electrons. The maximum absolute atomic E-state index is 12.9. The molecule has 2 aromatic rings. The van der Waals surface area contributed by atoms with Gasteiger partial charge in [0, 0.05) is 36.3 Å². The van der Waals surface area contributed by atoms with Gasteiger partial charge in [-0.3, -0.25) is 9.69 Å². The molecule has 1 aliphatic carbocycles. The van der Waals surface area contributed by atoms with E-state index in [4.69, 9.17) is 17.3 Å². The fourth-order valence-corrected chi connectivity index (χ4v) is 4.24. The van der Waals surface area contributed by atoms with Crippen molar-refractivity contribution in [3.05, 3.63) is 52.9 Å². The summed E-state index contributed by atoms with van der Waals surface area (Å²) in [5.74, 6) is 1.80. The van der Waals surface area contributed by atoms with E-state index in [9.17, 15) is 4.79 Å². The van der Waals surface area contributed by atoms with Crippen LogP contribution in [0.5, 0.6) is 0 Å². The van der Waals surface area contributed by atoms with Gasteiger partial charge < -0.3 is 10.6 Å². The molecule has 7 heteroatoms. The van der Waals surface area contributed by atoms with Gasteiger partial charge in [-0.25, -0.2) is 9.97 Å². The number of hydrogen-bond acceptors (Lipinski definition) is 5. The third kappa shape index (κ3) is 3.92. The molecule has 1 aromatic heterocycles. The largest absolute Gasteiger partial charge is 0.384 e. The van der Waals surface area contributed by atoms with Crippen LogP contribution in [0.25, 0.3) is 0 Å². The first-order chi connectivity index (χ1) is 13.0. The minimum atomic E-state index is 0.0752. The number of likely N-dealkylation sites (N-methyl/N-ethyl adjacent to an activating group) is 1. The maximum atomic E-state index is 12.9. The third-order valence-corrected chi connectivity index (χ3v) is 5.97. The van der Waals surface area contributed by atoms with E-state index >= 15 is 0 Å². The molecule has 1 amide bonds. The summed E-state index contributed by atoms with van der Waals surface area (Å²) < 4.78 is 0. The van der Waals surface area contributed by atoms with Crippen molar-refractivity contribution in [3.8, 4) is 0 Å². The number of aromatic nitrogens is 2. The standard InChI is InChI=1S/C20H24ClN5O/c1-25(12-19-23-8-6-18(22)24-19)13-7-9-26(11-13)20(27)16-10-15(16)14-4-2-3-5-17(14)21/h2-6,8,13,15-16H,7,9-12H2,1H3,(H2,22,23,24)/t13-,15-,16-/m1/s1. The molecule has 27 heavy (non-hydrogen) atoms. The Hall–Kier alpha value is -2.18. The van der Waals surface area contributed by atoms with E-state index in [-0.39, 0.29) is 17.7 Å². The number of carbonyl (C=O) groups is 1. The van der Waals surface area contributed by atoms with E-state index in [0.717, 1.165) is 36.5 Å². The summed E-state index contributed by atoms with van der Waals surface area (Å²) in [6.45, 7) is 2.18. The van der Waals surface area contributed by atoms with Crippen LogP contribution >= 0.6 is 11.6 Å². The van der Waals surface area contributed by atoms with E-state index in [1.165, 1.54) is 0 Å². The highest BCUT2D eigenvalue weighted by molar-refractivity contribution is 6.31. The number of rotatable bonds is 5. The van der Waals surface area contributed by atoms with E-state index < -0.39 is 0 Å². The molecule has 3 atom stereocenters. The van der Waals surface area contributed by atoms with Crippen molar-refractivity contribution in [2.75, 3.05) is 25.9 Å². The minimum absolute atomic E-state index is 0.0752. The van der Waals surface area contributed by atoms with Crippen molar-refractivity contribution < 1.29 is 4.79 Å². The number of likely N-dealkylation sites (tertiary alicyclic amines) is 1. The predicted octanol–water partition coefficient (Wildman–Crippen LogP) is 2.55. The molecule has 4 rings (SSSR count). The Kier molecular flexibility index (Phi) is 5.02. The minimum Gasteiger partial charge on any atom is -0.384 e. The van der Waals surface area contributed by atoms with E-state index in [1.54, 1.807) is 12.3 Å². The highest BCUT2D eigenvalue weighted by Crippen LogP contribution is 2.50. The molecule has 1 saturated heterocycles. The fraction of sp³-hybridized carbons (Fsp3) is 0.450. The van der Waals surface area contributed by atoms with Crippen LogP contribution < -0.4 is 5.73 Å². The molecule has 2 aliphatic rings. The van der Waals surface area contributed by atoms with Gasteiger partial charge in [-0.1, -0.05) is 29.8 Å².